The van der Waals surface area contributed by atoms with Gasteiger partial charge < -0.3 is 9.55 Å². The molecule has 2 aromatic heterocycles. The monoisotopic (exact) mass is 718 g/mol. The summed E-state index contributed by atoms with van der Waals surface area (Å²) in [5, 5.41) is 8.29. The quantitative estimate of drug-likeness (QED) is 0.152. The van der Waals surface area contributed by atoms with Crippen molar-refractivity contribution in [3.8, 4) is 28.1 Å². The van der Waals surface area contributed by atoms with Gasteiger partial charge in [-0.25, -0.2) is 0 Å². The van der Waals surface area contributed by atoms with Crippen LogP contribution in [-0.4, -0.2) is 17.6 Å². The first kappa shape index (κ1) is 24.7. The van der Waals surface area contributed by atoms with Gasteiger partial charge in [0.25, 0.3) is 0 Å². The van der Waals surface area contributed by atoms with E-state index in [2.05, 4.69) is 134 Å². The summed E-state index contributed by atoms with van der Waals surface area (Å²) >= 11 is 0. The SMILES string of the molecule is Cc1ccc2c(c1)c1cc(C)ccc1n2-c1c[c-]c2c(c1)[Si]1(c3ccccc3-c3ccccc31)c1cccnc1-2.[Ir]. The molecule has 41 heavy (non-hydrogen) atoms. The Kier molecular flexibility index (Phi) is 5.24. The summed E-state index contributed by atoms with van der Waals surface area (Å²) in [6.45, 7) is 4.35. The maximum absolute atomic E-state index is 4.97. The van der Waals surface area contributed by atoms with Crippen LogP contribution in [0.2, 0.25) is 0 Å². The van der Waals surface area contributed by atoms with Crippen LogP contribution in [0.3, 0.4) is 0 Å². The van der Waals surface area contributed by atoms with Gasteiger partial charge in [-0.05, 0) is 77.1 Å². The van der Waals surface area contributed by atoms with Gasteiger partial charge in [-0.2, -0.15) is 0 Å². The predicted molar refractivity (Wildman–Crippen MR) is 168 cm³/mol. The van der Waals surface area contributed by atoms with Gasteiger partial charge in [0.05, 0.1) is 0 Å². The average molecular weight is 718 g/mol. The summed E-state index contributed by atoms with van der Waals surface area (Å²) in [7, 11) is -2.56. The van der Waals surface area contributed by atoms with Crippen molar-refractivity contribution in [1.82, 2.24) is 9.55 Å². The molecule has 1 spiro atoms. The first-order valence-electron chi connectivity index (χ1n) is 13.9. The molecule has 0 amide bonds. The van der Waals surface area contributed by atoms with Crippen LogP contribution < -0.4 is 20.7 Å². The van der Waals surface area contributed by atoms with Crippen molar-refractivity contribution in [3.05, 3.63) is 133 Å². The summed E-state index contributed by atoms with van der Waals surface area (Å²) < 4.78 is 2.44. The summed E-state index contributed by atoms with van der Waals surface area (Å²) in [5.74, 6) is 0. The third-order valence-electron chi connectivity index (χ3n) is 9.07. The minimum atomic E-state index is -2.56. The van der Waals surface area contributed by atoms with Gasteiger partial charge in [0, 0.05) is 48.1 Å². The topological polar surface area (TPSA) is 17.8 Å². The van der Waals surface area contributed by atoms with E-state index in [1.54, 1.807) is 0 Å². The van der Waals surface area contributed by atoms with Gasteiger partial charge >= 0.3 is 0 Å². The summed E-state index contributed by atoms with van der Waals surface area (Å²) in [6.07, 6.45) is 1.93. The number of benzene rings is 5. The van der Waals surface area contributed by atoms with Crippen molar-refractivity contribution < 1.29 is 20.1 Å². The Hall–Kier alpha value is -4.08. The fourth-order valence-corrected chi connectivity index (χ4v) is 13.0. The molecule has 0 N–H and O–H groups in total. The first-order valence-corrected chi connectivity index (χ1v) is 15.9. The van der Waals surface area contributed by atoms with E-state index in [-0.39, 0.29) is 20.1 Å². The van der Waals surface area contributed by atoms with E-state index < -0.39 is 8.07 Å². The molecule has 1 radical (unpaired) electrons. The standard InChI is InChI=1S/C37H25N2Si.Ir/c1-23-13-17-31-29(20-23)30-21-24(2)14-18-32(30)39(31)25-15-16-28-36(22-25)40(35-12-7-19-38-37(28)35)33-10-5-3-8-26(33)27-9-4-6-11-34(27)40;/h3-15,17-22H,1-2H3;/q-1;. The van der Waals surface area contributed by atoms with Crippen LogP contribution in [0.4, 0.5) is 0 Å². The molecule has 0 unspecified atom stereocenters. The number of fused-ring (bicyclic) bond motifs is 13. The van der Waals surface area contributed by atoms with E-state index in [0.717, 1.165) is 16.9 Å². The maximum atomic E-state index is 4.97. The van der Waals surface area contributed by atoms with Crippen molar-refractivity contribution in [1.29, 1.82) is 0 Å². The largest absolute Gasteiger partial charge is 0.351 e. The minimum absolute atomic E-state index is 0. The third-order valence-corrected chi connectivity index (χ3v) is 14.0. The molecule has 0 saturated heterocycles. The van der Waals surface area contributed by atoms with E-state index in [0.29, 0.717) is 0 Å². The van der Waals surface area contributed by atoms with E-state index >= 15 is 0 Å². The summed E-state index contributed by atoms with van der Waals surface area (Å²) in [5.41, 5.74) is 11.2. The minimum Gasteiger partial charge on any atom is -0.351 e. The number of rotatable bonds is 1. The zero-order valence-electron chi connectivity index (χ0n) is 22.7. The molecule has 2 aliphatic rings. The predicted octanol–water partition coefficient (Wildman–Crippen LogP) is 5.93. The Morgan fingerprint density at radius 3 is 1.85 bits per heavy atom. The van der Waals surface area contributed by atoms with Crippen molar-refractivity contribution in [2.75, 3.05) is 0 Å². The van der Waals surface area contributed by atoms with Crippen molar-refractivity contribution in [3.63, 3.8) is 0 Å². The van der Waals surface area contributed by atoms with Crippen LogP contribution in [0.25, 0.3) is 49.9 Å². The van der Waals surface area contributed by atoms with Gasteiger partial charge in [-0.15, -0.1) is 28.9 Å². The number of hydrogen-bond acceptors (Lipinski definition) is 1. The third kappa shape index (κ3) is 3.07. The molecule has 4 heteroatoms. The Bertz CT molecular complexity index is 2090. The van der Waals surface area contributed by atoms with E-state index in [4.69, 9.17) is 4.98 Å². The molecule has 4 heterocycles. The molecule has 5 aromatic carbocycles. The van der Waals surface area contributed by atoms with Crippen LogP contribution in [0.1, 0.15) is 11.1 Å². The van der Waals surface area contributed by atoms with Crippen LogP contribution in [0.15, 0.2) is 115 Å². The van der Waals surface area contributed by atoms with Crippen LogP contribution in [-0.2, 0) is 20.1 Å². The van der Waals surface area contributed by atoms with Crippen LogP contribution in [0, 0.1) is 19.9 Å². The van der Waals surface area contributed by atoms with Crippen molar-refractivity contribution in [2.45, 2.75) is 13.8 Å². The second kappa shape index (κ2) is 8.71. The number of aromatic nitrogens is 2. The van der Waals surface area contributed by atoms with Crippen molar-refractivity contribution in [2.24, 2.45) is 0 Å². The van der Waals surface area contributed by atoms with Gasteiger partial charge in [-0.1, -0.05) is 83.0 Å². The molecule has 0 saturated carbocycles. The van der Waals surface area contributed by atoms with Crippen LogP contribution in [0.5, 0.6) is 0 Å². The van der Waals surface area contributed by atoms with Gasteiger partial charge in [-0.3, -0.25) is 0 Å². The van der Waals surface area contributed by atoms with E-state index in [1.807, 2.05) is 6.20 Å². The second-order valence-corrected chi connectivity index (χ2v) is 14.9. The fourth-order valence-electron chi connectivity index (χ4n) is 7.50. The Morgan fingerprint density at radius 1 is 0.634 bits per heavy atom. The summed E-state index contributed by atoms with van der Waals surface area (Å²) in [4.78, 5) is 4.97. The zero-order valence-corrected chi connectivity index (χ0v) is 26.1. The Labute approximate surface area is 253 Å². The van der Waals surface area contributed by atoms with E-state index in [1.165, 1.54) is 64.8 Å². The van der Waals surface area contributed by atoms with Crippen LogP contribution >= 0.6 is 0 Å². The molecule has 2 aliphatic heterocycles. The first-order chi connectivity index (χ1) is 19.7. The van der Waals surface area contributed by atoms with Gasteiger partial charge in [0.15, 0.2) is 0 Å². The van der Waals surface area contributed by atoms with E-state index in [9.17, 15) is 0 Å². The summed E-state index contributed by atoms with van der Waals surface area (Å²) in [6, 6.07) is 44.6. The molecule has 0 bridgehead atoms. The maximum Gasteiger partial charge on any atom is 0.128 e. The van der Waals surface area contributed by atoms with Gasteiger partial charge in [0.1, 0.15) is 8.07 Å². The Balaban J connectivity index is 0.00000256. The number of aryl methyl sites for hydroxylation is 2. The number of nitrogens with zero attached hydrogens (tertiary/aromatic N) is 2. The number of hydrogen-bond donors (Lipinski definition) is 0. The molecule has 2 nitrogen and oxygen atoms in total. The molecular formula is C37H25IrN2Si-. The molecule has 0 atom stereocenters. The second-order valence-electron chi connectivity index (χ2n) is 11.3. The Morgan fingerprint density at radius 2 is 1.22 bits per heavy atom. The average Bonchev–Trinajstić information content (AvgIpc) is 3.58. The molecular weight excluding hydrogens is 693 g/mol. The normalized spacial score (nSPS) is 13.6. The molecule has 0 fully saturated rings. The smallest absolute Gasteiger partial charge is 0.128 e. The number of pyridine rings is 1. The molecule has 7 aromatic rings. The van der Waals surface area contributed by atoms with Gasteiger partial charge in [0.2, 0.25) is 0 Å². The fraction of sp³-hybridized carbons (Fsp3) is 0.0541. The molecule has 0 aliphatic carbocycles. The molecule has 9 rings (SSSR count). The molecule has 197 valence electrons. The van der Waals surface area contributed by atoms with Crippen molar-refractivity contribution >= 4 is 50.6 Å². The zero-order chi connectivity index (χ0) is 26.6.